The molecule has 0 unspecified atom stereocenters. The molecule has 0 atom stereocenters. The van der Waals surface area contributed by atoms with E-state index in [9.17, 15) is 23.3 Å². The van der Waals surface area contributed by atoms with Crippen LogP contribution in [0.2, 0.25) is 0 Å². The molecule has 0 aliphatic carbocycles. The van der Waals surface area contributed by atoms with Gasteiger partial charge in [-0.05, 0) is 48.4 Å². The van der Waals surface area contributed by atoms with Crippen LogP contribution < -0.4 is 16.6 Å². The fourth-order valence-electron chi connectivity index (χ4n) is 4.20. The van der Waals surface area contributed by atoms with E-state index in [1.165, 1.54) is 22.9 Å². The van der Waals surface area contributed by atoms with Crippen LogP contribution in [0.4, 0.5) is 5.82 Å². The number of nitrogens with two attached hydrogens (primary N) is 1. The van der Waals surface area contributed by atoms with Gasteiger partial charge in [0, 0.05) is 60.2 Å². The van der Waals surface area contributed by atoms with Gasteiger partial charge in [-0.3, -0.25) is 14.6 Å². The molecule has 3 heterocycles. The van der Waals surface area contributed by atoms with Gasteiger partial charge in [0.15, 0.2) is 9.84 Å². The molecule has 0 aliphatic rings. The molecule has 39 heavy (non-hydrogen) atoms. The second-order valence-corrected chi connectivity index (χ2v) is 11.0. The average molecular weight is 543 g/mol. The van der Waals surface area contributed by atoms with Crippen molar-refractivity contribution in [2.24, 2.45) is 0 Å². The Kier molecular flexibility index (Phi) is 7.88. The highest BCUT2D eigenvalue weighted by atomic mass is 32.2. The molecule has 198 valence electrons. The Morgan fingerprint density at radius 2 is 1.95 bits per heavy atom. The van der Waals surface area contributed by atoms with Crippen LogP contribution in [0.5, 0.6) is 0 Å². The van der Waals surface area contributed by atoms with Crippen molar-refractivity contribution in [3.63, 3.8) is 0 Å². The maximum absolute atomic E-state index is 12.9. The van der Waals surface area contributed by atoms with Crippen molar-refractivity contribution < 1.29 is 13.2 Å². The van der Waals surface area contributed by atoms with Crippen LogP contribution in [-0.2, 0) is 29.3 Å². The van der Waals surface area contributed by atoms with Gasteiger partial charge in [0.1, 0.15) is 5.82 Å². The van der Waals surface area contributed by atoms with E-state index in [1.54, 1.807) is 55.6 Å². The highest BCUT2D eigenvalue weighted by Crippen LogP contribution is 2.21. The lowest BCUT2D eigenvalue weighted by atomic mass is 10.0. The Labute approximate surface area is 225 Å². The first-order valence-electron chi connectivity index (χ1n) is 11.9. The van der Waals surface area contributed by atoms with Crippen LogP contribution in [-0.4, -0.2) is 35.1 Å². The van der Waals surface area contributed by atoms with Crippen LogP contribution >= 0.6 is 0 Å². The number of nitrogen functional groups attached to an aromatic ring is 1. The molecule has 1 amide bonds. The van der Waals surface area contributed by atoms with Gasteiger partial charge in [-0.1, -0.05) is 18.2 Å². The number of rotatable bonds is 8. The van der Waals surface area contributed by atoms with Crippen molar-refractivity contribution in [1.29, 1.82) is 5.26 Å². The van der Waals surface area contributed by atoms with Gasteiger partial charge in [-0.25, -0.2) is 13.4 Å². The van der Waals surface area contributed by atoms with Gasteiger partial charge >= 0.3 is 0 Å². The zero-order chi connectivity index (χ0) is 28.2. The Balaban J connectivity index is 1.53. The molecule has 10 nitrogen and oxygen atoms in total. The fourth-order valence-corrected chi connectivity index (χ4v) is 5.18. The molecule has 0 saturated carbocycles. The molecule has 0 spiro atoms. The predicted molar refractivity (Wildman–Crippen MR) is 146 cm³/mol. The second kappa shape index (κ2) is 11.3. The molecule has 3 N–H and O–H groups in total. The average Bonchev–Trinajstić information content (AvgIpc) is 2.89. The number of carbonyl (C=O) groups is 1. The number of amides is 1. The van der Waals surface area contributed by atoms with E-state index in [2.05, 4.69) is 21.4 Å². The predicted octanol–water partition coefficient (Wildman–Crippen LogP) is 2.37. The van der Waals surface area contributed by atoms with E-state index in [4.69, 9.17) is 5.73 Å². The van der Waals surface area contributed by atoms with Crippen molar-refractivity contribution >= 4 is 21.6 Å². The Hall–Kier alpha value is -4.82. The summed E-state index contributed by atoms with van der Waals surface area (Å²) in [7, 11) is -3.58. The number of carbonyl (C=O) groups excluding carboxylic acids is 1. The van der Waals surface area contributed by atoms with Gasteiger partial charge in [0.05, 0.1) is 23.1 Å². The molecule has 4 rings (SSSR count). The first-order valence-corrected chi connectivity index (χ1v) is 13.8. The van der Waals surface area contributed by atoms with Crippen LogP contribution in [0.15, 0.2) is 76.7 Å². The minimum absolute atomic E-state index is 0.0994. The smallest absolute Gasteiger partial charge is 0.251 e. The lowest BCUT2D eigenvalue weighted by Gasteiger charge is -2.13. The molecule has 1 aromatic carbocycles. The fraction of sp³-hybridized carbons (Fsp3) is 0.179. The van der Waals surface area contributed by atoms with Gasteiger partial charge in [-0.2, -0.15) is 5.26 Å². The summed E-state index contributed by atoms with van der Waals surface area (Å²) in [6, 6.07) is 16.5. The first-order chi connectivity index (χ1) is 18.5. The van der Waals surface area contributed by atoms with E-state index < -0.39 is 9.84 Å². The quantitative estimate of drug-likeness (QED) is 0.343. The zero-order valence-corrected chi connectivity index (χ0v) is 22.2. The van der Waals surface area contributed by atoms with E-state index in [1.807, 2.05) is 0 Å². The minimum atomic E-state index is -3.58. The Bertz CT molecular complexity index is 1770. The topological polar surface area (TPSA) is 161 Å². The molecular formula is C28H26N6O4S. The third-order valence-electron chi connectivity index (χ3n) is 6.13. The number of pyridine rings is 3. The summed E-state index contributed by atoms with van der Waals surface area (Å²) < 4.78 is 26.6. The van der Waals surface area contributed by atoms with Crippen molar-refractivity contribution in [1.82, 2.24) is 19.9 Å². The second-order valence-electron chi connectivity index (χ2n) is 9.05. The van der Waals surface area contributed by atoms with Crippen molar-refractivity contribution in [3.05, 3.63) is 117 Å². The van der Waals surface area contributed by atoms with E-state index in [0.717, 1.165) is 6.26 Å². The normalized spacial score (nSPS) is 11.1. The third kappa shape index (κ3) is 6.55. The highest BCUT2D eigenvalue weighted by Gasteiger charge is 2.16. The highest BCUT2D eigenvalue weighted by molar-refractivity contribution is 7.90. The molecule has 0 bridgehead atoms. The number of aromatic nitrogens is 3. The summed E-state index contributed by atoms with van der Waals surface area (Å²) in [6.07, 6.45) is 4.53. The van der Waals surface area contributed by atoms with Crippen molar-refractivity contribution in [2.75, 3.05) is 12.0 Å². The number of sulfone groups is 1. The largest absolute Gasteiger partial charge is 0.384 e. The number of nitriles is 1. The van der Waals surface area contributed by atoms with Gasteiger partial charge in [-0.15, -0.1) is 0 Å². The molecule has 0 saturated heterocycles. The Morgan fingerprint density at radius 3 is 2.67 bits per heavy atom. The maximum atomic E-state index is 12.9. The van der Waals surface area contributed by atoms with Crippen LogP contribution in [0.25, 0.3) is 0 Å². The van der Waals surface area contributed by atoms with Crippen LogP contribution in [0, 0.1) is 18.3 Å². The van der Waals surface area contributed by atoms with Gasteiger partial charge in [0.25, 0.3) is 11.5 Å². The van der Waals surface area contributed by atoms with E-state index >= 15 is 0 Å². The Morgan fingerprint density at radius 1 is 1.15 bits per heavy atom. The maximum Gasteiger partial charge on any atom is 0.251 e. The number of benzene rings is 1. The summed E-state index contributed by atoms with van der Waals surface area (Å²) >= 11 is 0. The monoisotopic (exact) mass is 542 g/mol. The van der Waals surface area contributed by atoms with Gasteiger partial charge in [0.2, 0.25) is 0 Å². The molecule has 11 heteroatoms. The number of aryl methyl sites for hydroxylation is 1. The third-order valence-corrected chi connectivity index (χ3v) is 7.31. The van der Waals surface area contributed by atoms with Crippen LogP contribution in [0.1, 0.15) is 44.0 Å². The lowest BCUT2D eigenvalue weighted by Crippen LogP contribution is -2.24. The summed E-state index contributed by atoms with van der Waals surface area (Å²) in [4.78, 5) is 33.6. The molecular weight excluding hydrogens is 516 g/mol. The number of hydrogen-bond donors (Lipinski definition) is 2. The molecule has 0 aliphatic heterocycles. The van der Waals surface area contributed by atoms with Gasteiger partial charge < -0.3 is 15.6 Å². The number of nitrogens with zero attached hydrogens (tertiary/aromatic N) is 4. The molecule has 0 fully saturated rings. The first kappa shape index (κ1) is 27.2. The molecule has 4 aromatic rings. The lowest BCUT2D eigenvalue weighted by molar-refractivity contribution is 0.0950. The summed E-state index contributed by atoms with van der Waals surface area (Å²) in [6.45, 7) is 1.94. The number of hydrogen-bond acceptors (Lipinski definition) is 8. The summed E-state index contributed by atoms with van der Waals surface area (Å²) in [5.74, 6) is -0.127. The molecule has 0 radical (unpaired) electrons. The van der Waals surface area contributed by atoms with Crippen molar-refractivity contribution in [2.45, 2.75) is 31.3 Å². The van der Waals surface area contributed by atoms with E-state index in [0.29, 0.717) is 39.2 Å². The molecule has 3 aromatic heterocycles. The van der Waals surface area contributed by atoms with Crippen LogP contribution in [0.3, 0.4) is 0 Å². The van der Waals surface area contributed by atoms with E-state index in [-0.39, 0.29) is 41.7 Å². The minimum Gasteiger partial charge on any atom is -0.384 e. The summed E-state index contributed by atoms with van der Waals surface area (Å²) in [5.41, 5.74) is 9.09. The zero-order valence-electron chi connectivity index (χ0n) is 21.4. The van der Waals surface area contributed by atoms with Crippen molar-refractivity contribution in [3.8, 4) is 6.07 Å². The number of anilines is 1. The number of nitrogens with one attached hydrogen (secondary N) is 1. The standard InChI is InChI=1S/C28H26N6O4S/c1-18-24(22(15-29)14-26(30)33-18)16-32-28(36)20-8-9-31-23(13-20)11-19-6-7-21(25(12-19)39(2,37)38)17-34-10-4-3-5-27(34)35/h3-10,12-14H,11,16-17H2,1-2H3,(H2,30,33)(H,32,36). The SMILES string of the molecule is Cc1nc(N)cc(C#N)c1CNC(=O)c1ccnc(Cc2ccc(Cn3ccccc3=O)c(S(C)(=O)=O)c2)c1. The summed E-state index contributed by atoms with van der Waals surface area (Å²) in [5, 5.41) is 12.2.